The van der Waals surface area contributed by atoms with E-state index in [2.05, 4.69) is 0 Å². The maximum absolute atomic E-state index is 5.85. The fourth-order valence-electron chi connectivity index (χ4n) is 2.26. The zero-order valence-corrected chi connectivity index (χ0v) is 14.4. The molecule has 0 bridgehead atoms. The Balaban J connectivity index is 1.86. The van der Waals surface area contributed by atoms with Crippen molar-refractivity contribution in [2.75, 3.05) is 13.7 Å². The lowest BCUT2D eigenvalue weighted by Gasteiger charge is -2.09. The molecule has 0 N–H and O–H groups in total. The van der Waals surface area contributed by atoms with E-state index in [-0.39, 0.29) is 0 Å². The van der Waals surface area contributed by atoms with Crippen molar-refractivity contribution < 1.29 is 13.9 Å². The molecule has 1 saturated heterocycles. The van der Waals surface area contributed by atoms with Crippen molar-refractivity contribution in [1.29, 1.82) is 0 Å². The van der Waals surface area contributed by atoms with Crippen LogP contribution >= 0.6 is 24.4 Å². The van der Waals surface area contributed by atoms with Gasteiger partial charge in [0.15, 0.2) is 10.7 Å². The van der Waals surface area contributed by atoms with Crippen LogP contribution in [-0.2, 0) is 4.74 Å². The van der Waals surface area contributed by atoms with Gasteiger partial charge in [-0.05, 0) is 43.4 Å². The Morgan fingerprint density at radius 2 is 2.04 bits per heavy atom. The van der Waals surface area contributed by atoms with E-state index in [4.69, 9.17) is 38.3 Å². The van der Waals surface area contributed by atoms with E-state index in [0.29, 0.717) is 28.2 Å². The van der Waals surface area contributed by atoms with E-state index in [1.54, 1.807) is 18.1 Å². The Labute approximate surface area is 145 Å². The molecule has 0 spiro atoms. The van der Waals surface area contributed by atoms with Gasteiger partial charge in [0.05, 0.1) is 7.11 Å². The van der Waals surface area contributed by atoms with Crippen molar-refractivity contribution in [1.82, 2.24) is 4.90 Å². The molecule has 1 aromatic carbocycles. The third-order valence-electron chi connectivity index (χ3n) is 3.44. The Morgan fingerprint density at radius 1 is 1.22 bits per heavy atom. The SMILES string of the molecule is CCN1C(=S)O/C(=C\c2ccc(-c3cccc(OC)c3)o2)C1=S. The van der Waals surface area contributed by atoms with E-state index >= 15 is 0 Å². The molecule has 0 amide bonds. The molecule has 1 aromatic heterocycles. The Morgan fingerprint density at radius 3 is 2.74 bits per heavy atom. The quantitative estimate of drug-likeness (QED) is 0.608. The normalized spacial score (nSPS) is 16.1. The van der Waals surface area contributed by atoms with Gasteiger partial charge in [-0.1, -0.05) is 24.4 Å². The average Bonchev–Trinajstić information content (AvgIpc) is 3.13. The predicted molar refractivity (Wildman–Crippen MR) is 97.3 cm³/mol. The van der Waals surface area contributed by atoms with Gasteiger partial charge in [-0.15, -0.1) is 0 Å². The summed E-state index contributed by atoms with van der Waals surface area (Å²) in [5.41, 5.74) is 0.939. The van der Waals surface area contributed by atoms with Crippen LogP contribution in [0, 0.1) is 0 Å². The fourth-order valence-corrected chi connectivity index (χ4v) is 2.94. The smallest absolute Gasteiger partial charge is 0.270 e. The first-order valence-electron chi connectivity index (χ1n) is 7.12. The highest BCUT2D eigenvalue weighted by molar-refractivity contribution is 7.82. The molecule has 6 heteroatoms. The second kappa shape index (κ2) is 6.52. The standard InChI is InChI=1S/C17H15NO3S2/c1-3-18-16(22)15(21-17(18)23)10-13-7-8-14(20-13)11-5-4-6-12(9-11)19-2/h4-10H,3H2,1-2H3/b15-10-. The van der Waals surface area contributed by atoms with Crippen LogP contribution in [0.2, 0.25) is 0 Å². The largest absolute Gasteiger partial charge is 0.497 e. The number of benzene rings is 1. The molecule has 0 atom stereocenters. The number of nitrogens with zero attached hydrogens (tertiary/aromatic N) is 1. The zero-order chi connectivity index (χ0) is 16.4. The first-order chi connectivity index (χ1) is 11.1. The minimum atomic E-state index is 0.378. The molecule has 1 aliphatic heterocycles. The highest BCUT2D eigenvalue weighted by atomic mass is 32.1. The number of likely N-dealkylation sites (N-methyl/N-ethyl adjacent to an activating group) is 1. The van der Waals surface area contributed by atoms with Crippen LogP contribution in [0.1, 0.15) is 12.7 Å². The Hall–Kier alpha value is -2.18. The minimum absolute atomic E-state index is 0.378. The molecule has 2 heterocycles. The molecular formula is C17H15NO3S2. The number of ether oxygens (including phenoxy) is 2. The topological polar surface area (TPSA) is 34.8 Å². The van der Waals surface area contributed by atoms with Crippen molar-refractivity contribution in [3.63, 3.8) is 0 Å². The monoisotopic (exact) mass is 345 g/mol. The van der Waals surface area contributed by atoms with Gasteiger partial charge in [0.2, 0.25) is 0 Å². The third-order valence-corrected chi connectivity index (χ3v) is 4.17. The average molecular weight is 345 g/mol. The number of rotatable bonds is 4. The van der Waals surface area contributed by atoms with Gasteiger partial charge >= 0.3 is 0 Å². The number of methoxy groups -OCH3 is 1. The van der Waals surface area contributed by atoms with E-state index in [0.717, 1.165) is 17.1 Å². The highest BCUT2D eigenvalue weighted by Gasteiger charge is 2.28. The summed E-state index contributed by atoms with van der Waals surface area (Å²) in [5, 5.41) is 0.378. The summed E-state index contributed by atoms with van der Waals surface area (Å²) in [6.07, 6.45) is 1.76. The first-order valence-corrected chi connectivity index (χ1v) is 7.93. The number of hydrogen-bond acceptors (Lipinski definition) is 5. The lowest BCUT2D eigenvalue weighted by molar-refractivity contribution is 0.415. The van der Waals surface area contributed by atoms with E-state index in [1.165, 1.54) is 0 Å². The molecule has 1 aliphatic rings. The van der Waals surface area contributed by atoms with E-state index in [1.807, 2.05) is 43.3 Å². The van der Waals surface area contributed by atoms with Crippen molar-refractivity contribution in [3.05, 3.63) is 47.9 Å². The van der Waals surface area contributed by atoms with Crippen molar-refractivity contribution in [2.45, 2.75) is 6.92 Å². The first kappa shape index (κ1) is 15.7. The van der Waals surface area contributed by atoms with Gasteiger partial charge in [-0.25, -0.2) is 0 Å². The molecule has 4 nitrogen and oxygen atoms in total. The summed E-state index contributed by atoms with van der Waals surface area (Å²) in [6, 6.07) is 11.5. The van der Waals surface area contributed by atoms with Crippen LogP contribution in [0.5, 0.6) is 5.75 Å². The number of furan rings is 1. The third kappa shape index (κ3) is 3.13. The van der Waals surface area contributed by atoms with Crippen LogP contribution in [0.3, 0.4) is 0 Å². The number of thiocarbonyl (C=S) groups is 2. The summed E-state index contributed by atoms with van der Waals surface area (Å²) >= 11 is 10.5. The van der Waals surface area contributed by atoms with Crippen LogP contribution < -0.4 is 4.74 Å². The summed E-state index contributed by atoms with van der Waals surface area (Å²) < 4.78 is 16.6. The maximum atomic E-state index is 5.85. The molecule has 2 aromatic rings. The fraction of sp³-hybridized carbons (Fsp3) is 0.176. The van der Waals surface area contributed by atoms with Gasteiger partial charge in [0.1, 0.15) is 17.3 Å². The van der Waals surface area contributed by atoms with Crippen LogP contribution in [0.4, 0.5) is 0 Å². The molecule has 3 rings (SSSR count). The summed E-state index contributed by atoms with van der Waals surface area (Å²) in [5.74, 6) is 2.72. The van der Waals surface area contributed by atoms with Crippen LogP contribution in [0.15, 0.2) is 46.6 Å². The second-order valence-electron chi connectivity index (χ2n) is 4.86. The molecule has 0 aliphatic carbocycles. The van der Waals surface area contributed by atoms with Gasteiger partial charge in [-0.2, -0.15) is 0 Å². The summed E-state index contributed by atoms with van der Waals surface area (Å²) in [4.78, 5) is 2.35. The van der Waals surface area contributed by atoms with Gasteiger partial charge < -0.3 is 13.9 Å². The summed E-state index contributed by atoms with van der Waals surface area (Å²) in [6.45, 7) is 2.65. The van der Waals surface area contributed by atoms with E-state index < -0.39 is 0 Å². The minimum Gasteiger partial charge on any atom is -0.497 e. The van der Waals surface area contributed by atoms with Gasteiger partial charge in [0.25, 0.3) is 5.17 Å². The van der Waals surface area contributed by atoms with Crippen LogP contribution in [-0.4, -0.2) is 28.7 Å². The molecule has 0 radical (unpaired) electrons. The molecular weight excluding hydrogens is 330 g/mol. The van der Waals surface area contributed by atoms with Crippen molar-refractivity contribution in [2.24, 2.45) is 0 Å². The Kier molecular flexibility index (Phi) is 4.45. The highest BCUT2D eigenvalue weighted by Crippen LogP contribution is 2.28. The van der Waals surface area contributed by atoms with Gasteiger partial charge in [-0.3, -0.25) is 4.90 Å². The van der Waals surface area contributed by atoms with Gasteiger partial charge in [0, 0.05) is 18.2 Å². The summed E-state index contributed by atoms with van der Waals surface area (Å²) in [7, 11) is 1.64. The lowest BCUT2D eigenvalue weighted by Crippen LogP contribution is -2.26. The maximum Gasteiger partial charge on any atom is 0.270 e. The molecule has 118 valence electrons. The zero-order valence-electron chi connectivity index (χ0n) is 12.7. The molecule has 0 unspecified atom stereocenters. The van der Waals surface area contributed by atoms with Crippen molar-refractivity contribution in [3.8, 4) is 17.1 Å². The Bertz CT molecular complexity index is 795. The van der Waals surface area contributed by atoms with Crippen LogP contribution in [0.25, 0.3) is 17.4 Å². The molecule has 0 saturated carbocycles. The molecule has 23 heavy (non-hydrogen) atoms. The molecule has 1 fully saturated rings. The predicted octanol–water partition coefficient (Wildman–Crippen LogP) is 4.26. The lowest BCUT2D eigenvalue weighted by atomic mass is 10.2. The second-order valence-corrected chi connectivity index (χ2v) is 5.60. The van der Waals surface area contributed by atoms with Crippen molar-refractivity contribution >= 4 is 40.7 Å². The number of hydrogen-bond donors (Lipinski definition) is 0. The van der Waals surface area contributed by atoms with E-state index in [9.17, 15) is 0 Å².